The van der Waals surface area contributed by atoms with Gasteiger partial charge in [0.25, 0.3) is 0 Å². The maximum absolute atomic E-state index is 8.71. The summed E-state index contributed by atoms with van der Waals surface area (Å²) in [5, 5.41) is 9.65. The van der Waals surface area contributed by atoms with Crippen LogP contribution in [-0.4, -0.2) is 42.2 Å². The number of ether oxygens (including phenoxy) is 2. The van der Waals surface area contributed by atoms with Crippen molar-refractivity contribution in [3.63, 3.8) is 0 Å². The number of aliphatic hydroxyl groups excluding tert-OH is 1. The molecule has 4 heteroatoms. The summed E-state index contributed by atoms with van der Waals surface area (Å²) in [5.41, 5.74) is 1.59. The molecular weight excluding hydrogens is 404 g/mol. The topological polar surface area (TPSA) is 38.7 Å². The lowest BCUT2D eigenvalue weighted by molar-refractivity contribution is -0.201. The molecule has 2 heterocycles. The zero-order valence-electron chi connectivity index (χ0n) is 21.4. The Morgan fingerprint density at radius 2 is 1.71 bits per heavy atom. The van der Waals surface area contributed by atoms with Gasteiger partial charge in [0.15, 0.2) is 6.29 Å². The van der Waals surface area contributed by atoms with Gasteiger partial charge in [-0.25, -0.2) is 0 Å². The van der Waals surface area contributed by atoms with Crippen LogP contribution in [0.5, 0.6) is 0 Å². The van der Waals surface area contributed by atoms with E-state index in [1.165, 1.54) is 37.9 Å². The van der Waals surface area contributed by atoms with Gasteiger partial charge in [-0.3, -0.25) is 0 Å². The van der Waals surface area contributed by atoms with Crippen molar-refractivity contribution in [3.8, 4) is 0 Å². The molecule has 0 saturated carbocycles. The molecule has 2 saturated heterocycles. The van der Waals surface area contributed by atoms with E-state index < -0.39 is 0 Å². The van der Waals surface area contributed by atoms with Crippen molar-refractivity contribution >= 4 is 11.8 Å². The number of hydrogen-bond acceptors (Lipinski definition) is 4. The summed E-state index contributed by atoms with van der Waals surface area (Å²) in [6, 6.07) is 0. The molecule has 0 radical (unpaired) electrons. The van der Waals surface area contributed by atoms with Crippen molar-refractivity contribution in [2.45, 2.75) is 111 Å². The van der Waals surface area contributed by atoms with Gasteiger partial charge in [-0.15, -0.1) is 0 Å². The second-order valence-corrected chi connectivity index (χ2v) is 12.0. The van der Waals surface area contributed by atoms with Crippen molar-refractivity contribution in [2.24, 2.45) is 23.7 Å². The van der Waals surface area contributed by atoms with Crippen LogP contribution in [-0.2, 0) is 9.47 Å². The average Bonchev–Trinajstić information content (AvgIpc) is 2.77. The lowest BCUT2D eigenvalue weighted by Crippen LogP contribution is -2.30. The molecule has 1 N–H and O–H groups in total. The maximum Gasteiger partial charge on any atom is 0.157 e. The molecule has 0 aromatic carbocycles. The van der Waals surface area contributed by atoms with E-state index in [0.717, 1.165) is 56.0 Å². The average molecular weight is 457 g/mol. The molecule has 31 heavy (non-hydrogen) atoms. The first kappa shape index (κ1) is 29.0. The van der Waals surface area contributed by atoms with Gasteiger partial charge in [0, 0.05) is 17.8 Å². The van der Waals surface area contributed by atoms with Gasteiger partial charge in [0.2, 0.25) is 0 Å². The highest BCUT2D eigenvalue weighted by molar-refractivity contribution is 7.99. The second-order valence-electron chi connectivity index (χ2n) is 10.5. The summed E-state index contributed by atoms with van der Waals surface area (Å²) >= 11 is 2.13. The molecule has 1 aliphatic carbocycles. The predicted octanol–water partition coefficient (Wildman–Crippen LogP) is 7.47. The number of rotatable bonds is 6. The highest BCUT2D eigenvalue weighted by atomic mass is 32.2. The van der Waals surface area contributed by atoms with E-state index in [1.54, 1.807) is 5.57 Å². The molecule has 184 valence electrons. The number of hydrogen-bond donors (Lipinski definition) is 1. The van der Waals surface area contributed by atoms with Gasteiger partial charge in [-0.1, -0.05) is 46.3 Å². The van der Waals surface area contributed by atoms with Crippen molar-refractivity contribution in [2.75, 3.05) is 25.6 Å². The van der Waals surface area contributed by atoms with Crippen LogP contribution < -0.4 is 0 Å². The van der Waals surface area contributed by atoms with E-state index in [-0.39, 0.29) is 6.29 Å². The van der Waals surface area contributed by atoms with Crippen LogP contribution in [0.2, 0.25) is 0 Å². The Morgan fingerprint density at radius 3 is 2.19 bits per heavy atom. The Hall–Kier alpha value is -0.0300. The van der Waals surface area contributed by atoms with Gasteiger partial charge in [0.1, 0.15) is 0 Å². The quantitative estimate of drug-likeness (QED) is 0.421. The maximum atomic E-state index is 8.71. The lowest BCUT2D eigenvalue weighted by Gasteiger charge is -2.28. The molecule has 0 aromatic heterocycles. The summed E-state index contributed by atoms with van der Waals surface area (Å²) in [6.07, 6.45) is 13.4. The molecule has 0 bridgehead atoms. The Labute approximate surface area is 198 Å². The van der Waals surface area contributed by atoms with Crippen LogP contribution in [0, 0.1) is 23.7 Å². The van der Waals surface area contributed by atoms with Gasteiger partial charge >= 0.3 is 0 Å². The fourth-order valence-electron chi connectivity index (χ4n) is 3.92. The molecule has 0 spiro atoms. The van der Waals surface area contributed by atoms with Crippen LogP contribution in [0.15, 0.2) is 11.6 Å². The molecule has 3 nitrogen and oxygen atoms in total. The van der Waals surface area contributed by atoms with E-state index in [9.17, 15) is 0 Å². The Balaban J connectivity index is 0.000000253. The Kier molecular flexibility index (Phi) is 16.3. The van der Waals surface area contributed by atoms with E-state index in [2.05, 4.69) is 59.4 Å². The van der Waals surface area contributed by atoms with Crippen molar-refractivity contribution in [3.05, 3.63) is 11.6 Å². The fraction of sp³-hybridized carbons (Fsp3) is 0.926. The molecule has 4 atom stereocenters. The van der Waals surface area contributed by atoms with Crippen molar-refractivity contribution in [1.82, 2.24) is 0 Å². The van der Waals surface area contributed by atoms with Crippen LogP contribution in [0.3, 0.4) is 0 Å². The fourth-order valence-corrected chi connectivity index (χ4v) is 5.05. The summed E-state index contributed by atoms with van der Waals surface area (Å²) in [7, 11) is 0. The van der Waals surface area contributed by atoms with Crippen LogP contribution in [0.25, 0.3) is 0 Å². The second kappa shape index (κ2) is 17.4. The van der Waals surface area contributed by atoms with Crippen molar-refractivity contribution in [1.29, 1.82) is 0 Å². The van der Waals surface area contributed by atoms with Gasteiger partial charge < -0.3 is 14.6 Å². The van der Waals surface area contributed by atoms with Gasteiger partial charge in [-0.05, 0) is 88.2 Å². The lowest BCUT2D eigenvalue weighted by atomic mass is 9.92. The molecule has 4 unspecified atom stereocenters. The third kappa shape index (κ3) is 15.4. The summed E-state index contributed by atoms with van der Waals surface area (Å²) in [4.78, 5) is 0. The normalized spacial score (nSPS) is 32.0. The molecule has 0 aromatic rings. The summed E-state index contributed by atoms with van der Waals surface area (Å²) in [6.45, 7) is 15.6. The minimum absolute atomic E-state index is 0.0118. The Morgan fingerprint density at radius 1 is 1.00 bits per heavy atom. The smallest absolute Gasteiger partial charge is 0.157 e. The first-order valence-corrected chi connectivity index (χ1v) is 14.0. The van der Waals surface area contributed by atoms with Crippen LogP contribution in [0.4, 0.5) is 0 Å². The molecule has 2 fully saturated rings. The number of allylic oxidation sites excluding steroid dienone is 2. The summed E-state index contributed by atoms with van der Waals surface area (Å²) < 4.78 is 11.1. The zero-order chi connectivity index (χ0) is 23.1. The van der Waals surface area contributed by atoms with Gasteiger partial charge in [0.05, 0.1) is 13.2 Å². The predicted molar refractivity (Wildman–Crippen MR) is 137 cm³/mol. The molecule has 2 aliphatic heterocycles. The minimum atomic E-state index is 0.0118. The van der Waals surface area contributed by atoms with Crippen molar-refractivity contribution < 1.29 is 14.6 Å². The van der Waals surface area contributed by atoms with E-state index >= 15 is 0 Å². The number of aliphatic hydroxyl groups is 1. The standard InChI is InChI=1S/C12H24O3.C8H14.C7H14S/c1-10(4-3-7-13)5-6-12-14-8-11(2)9-15-12;1-7-3-5-8(2)6-4-7;1-6-3-4-7(2)8-5-6/h10-13H,3-9H2,1-2H3;3,8H,4-6H2,1-2H3;6-7H,3-5H2,1-2H3. The zero-order valence-corrected chi connectivity index (χ0v) is 22.2. The third-order valence-corrected chi connectivity index (χ3v) is 8.08. The van der Waals surface area contributed by atoms with Crippen LogP contribution in [0.1, 0.15) is 99.3 Å². The molecule has 0 amide bonds. The third-order valence-electron chi connectivity index (χ3n) is 6.51. The summed E-state index contributed by atoms with van der Waals surface area (Å²) in [5.74, 6) is 4.51. The van der Waals surface area contributed by atoms with E-state index in [4.69, 9.17) is 14.6 Å². The Bertz CT molecular complexity index is 441. The SMILES string of the molecule is CC(CCCO)CCC1OCC(C)CO1.CC1=CCC(C)CC1.CC1CCC(C)SC1. The van der Waals surface area contributed by atoms with E-state index in [1.807, 2.05) is 0 Å². The first-order valence-electron chi connectivity index (χ1n) is 12.9. The first-order chi connectivity index (χ1) is 14.8. The molecular formula is C27H52O3S. The largest absolute Gasteiger partial charge is 0.396 e. The number of thioether (sulfide) groups is 1. The highest BCUT2D eigenvalue weighted by Gasteiger charge is 2.19. The van der Waals surface area contributed by atoms with Gasteiger partial charge in [-0.2, -0.15) is 11.8 Å². The van der Waals surface area contributed by atoms with E-state index in [0.29, 0.717) is 18.4 Å². The molecule has 3 rings (SSSR count). The monoisotopic (exact) mass is 456 g/mol. The highest BCUT2D eigenvalue weighted by Crippen LogP contribution is 2.28. The minimum Gasteiger partial charge on any atom is -0.396 e. The van der Waals surface area contributed by atoms with Crippen LogP contribution >= 0.6 is 11.8 Å². The molecule has 3 aliphatic rings.